The van der Waals surface area contributed by atoms with Crippen LogP contribution in [0.15, 0.2) is 27.0 Å². The summed E-state index contributed by atoms with van der Waals surface area (Å²) in [7, 11) is 1.51. The van der Waals surface area contributed by atoms with Crippen LogP contribution in [0.4, 0.5) is 0 Å². The van der Waals surface area contributed by atoms with Crippen molar-refractivity contribution in [2.75, 3.05) is 26.7 Å². The van der Waals surface area contributed by atoms with Gasteiger partial charge in [-0.15, -0.1) is 0 Å². The molecular formula is C18H24N2O4. The highest BCUT2D eigenvalue weighted by Crippen LogP contribution is 2.21. The van der Waals surface area contributed by atoms with Crippen molar-refractivity contribution in [3.8, 4) is 5.95 Å². The predicted molar refractivity (Wildman–Crippen MR) is 89.2 cm³/mol. The number of ether oxygens (including phenoxy) is 1. The minimum atomic E-state index is -0.200. The maximum Gasteiger partial charge on any atom is 0.287 e. The Kier molecular flexibility index (Phi) is 4.94. The largest absolute Gasteiger partial charge is 0.468 e. The highest BCUT2D eigenvalue weighted by molar-refractivity contribution is 5.91. The van der Waals surface area contributed by atoms with Gasteiger partial charge in [-0.25, -0.2) is 0 Å². The van der Waals surface area contributed by atoms with Crippen LogP contribution < -0.4 is 10.1 Å². The zero-order chi connectivity index (χ0) is 17.1. The molecule has 0 saturated carbocycles. The third-order valence-electron chi connectivity index (χ3n) is 4.52. The third kappa shape index (κ3) is 3.82. The van der Waals surface area contributed by atoms with Crippen LogP contribution in [0.3, 0.4) is 0 Å². The lowest BCUT2D eigenvalue weighted by Gasteiger charge is -2.14. The molecule has 3 heterocycles. The van der Waals surface area contributed by atoms with Gasteiger partial charge in [0, 0.05) is 19.2 Å². The number of nitrogens with one attached hydrogen (secondary N) is 1. The van der Waals surface area contributed by atoms with Gasteiger partial charge in [-0.2, -0.15) is 0 Å². The van der Waals surface area contributed by atoms with Crippen LogP contribution in [0.25, 0.3) is 0 Å². The first-order valence-corrected chi connectivity index (χ1v) is 8.25. The van der Waals surface area contributed by atoms with E-state index in [-0.39, 0.29) is 11.7 Å². The van der Waals surface area contributed by atoms with Gasteiger partial charge < -0.3 is 18.9 Å². The molecule has 1 N–H and O–H groups in total. The van der Waals surface area contributed by atoms with Crippen molar-refractivity contribution < 1.29 is 18.4 Å². The smallest absolute Gasteiger partial charge is 0.287 e. The molecule has 6 nitrogen and oxygen atoms in total. The number of rotatable bonds is 6. The van der Waals surface area contributed by atoms with Crippen molar-refractivity contribution >= 4 is 5.91 Å². The van der Waals surface area contributed by atoms with E-state index in [0.717, 1.165) is 37.6 Å². The summed E-state index contributed by atoms with van der Waals surface area (Å²) in [5.74, 6) is 2.87. The first kappa shape index (κ1) is 16.6. The molecule has 1 aliphatic heterocycles. The molecule has 3 rings (SSSR count). The van der Waals surface area contributed by atoms with Crippen molar-refractivity contribution in [3.63, 3.8) is 0 Å². The number of furan rings is 2. The lowest BCUT2D eigenvalue weighted by molar-refractivity contribution is 0.0913. The van der Waals surface area contributed by atoms with E-state index in [4.69, 9.17) is 13.6 Å². The third-order valence-corrected chi connectivity index (χ3v) is 4.52. The molecule has 1 amide bonds. The predicted octanol–water partition coefficient (Wildman–Crippen LogP) is 2.75. The molecule has 130 valence electrons. The lowest BCUT2D eigenvalue weighted by atomic mass is 10.1. The monoisotopic (exact) mass is 332 g/mol. The number of methoxy groups -OCH3 is 1. The summed E-state index contributed by atoms with van der Waals surface area (Å²) in [6, 6.07) is 5.37. The minimum Gasteiger partial charge on any atom is -0.468 e. The van der Waals surface area contributed by atoms with E-state index in [2.05, 4.69) is 23.2 Å². The molecule has 6 heteroatoms. The fraction of sp³-hybridized carbons (Fsp3) is 0.500. The van der Waals surface area contributed by atoms with E-state index in [0.29, 0.717) is 18.4 Å². The number of hydrogen-bond acceptors (Lipinski definition) is 5. The Labute approximate surface area is 141 Å². The van der Waals surface area contributed by atoms with E-state index in [1.165, 1.54) is 12.7 Å². The number of amides is 1. The van der Waals surface area contributed by atoms with Crippen LogP contribution >= 0.6 is 0 Å². The van der Waals surface area contributed by atoms with Crippen molar-refractivity contribution in [1.29, 1.82) is 0 Å². The molecule has 2 aromatic heterocycles. The fourth-order valence-corrected chi connectivity index (χ4v) is 3.05. The summed E-state index contributed by atoms with van der Waals surface area (Å²) < 4.78 is 16.0. The van der Waals surface area contributed by atoms with Gasteiger partial charge in [0.05, 0.1) is 13.7 Å². The Balaban J connectivity index is 1.45. The standard InChI is InChI=1S/C18H24N2O4/c1-12-8-15(23-13(12)2)11-20-7-6-14(10-20)9-19-18(21)16-4-5-17(22-3)24-16/h4-5,8,14H,6-7,9-11H2,1-3H3,(H,19,21). The molecule has 0 spiro atoms. The number of carbonyl (C=O) groups is 1. The number of carbonyl (C=O) groups excluding carboxylic acids is 1. The molecule has 0 aromatic carbocycles. The van der Waals surface area contributed by atoms with Gasteiger partial charge in [0.15, 0.2) is 5.76 Å². The SMILES string of the molecule is COc1ccc(C(=O)NCC2CCN(Cc3cc(C)c(C)o3)C2)o1. The van der Waals surface area contributed by atoms with Gasteiger partial charge >= 0.3 is 0 Å². The Morgan fingerprint density at radius 2 is 2.21 bits per heavy atom. The average Bonchev–Trinajstić information content (AvgIpc) is 3.27. The second-order valence-electron chi connectivity index (χ2n) is 6.37. The van der Waals surface area contributed by atoms with Gasteiger partial charge in [0.25, 0.3) is 11.9 Å². The molecule has 0 aliphatic carbocycles. The molecule has 0 radical (unpaired) electrons. The molecule has 1 saturated heterocycles. The topological polar surface area (TPSA) is 67.8 Å². The van der Waals surface area contributed by atoms with Gasteiger partial charge in [-0.05, 0) is 50.4 Å². The lowest BCUT2D eigenvalue weighted by Crippen LogP contribution is -2.30. The van der Waals surface area contributed by atoms with Crippen molar-refractivity contribution in [1.82, 2.24) is 10.2 Å². The summed E-state index contributed by atoms with van der Waals surface area (Å²) in [5.41, 5.74) is 1.20. The van der Waals surface area contributed by atoms with E-state index in [1.54, 1.807) is 12.1 Å². The Bertz CT molecular complexity index is 684. The highest BCUT2D eigenvalue weighted by atomic mass is 16.6. The first-order valence-electron chi connectivity index (χ1n) is 8.25. The molecule has 1 aliphatic rings. The first-order chi connectivity index (χ1) is 11.5. The zero-order valence-corrected chi connectivity index (χ0v) is 14.4. The molecule has 24 heavy (non-hydrogen) atoms. The average molecular weight is 332 g/mol. The molecule has 2 aromatic rings. The quantitative estimate of drug-likeness (QED) is 0.881. The van der Waals surface area contributed by atoms with Crippen LogP contribution in [0.1, 0.15) is 34.1 Å². The van der Waals surface area contributed by atoms with Gasteiger partial charge in [0.2, 0.25) is 0 Å². The van der Waals surface area contributed by atoms with Crippen LogP contribution in [0.5, 0.6) is 5.95 Å². The number of aryl methyl sites for hydroxylation is 2. The van der Waals surface area contributed by atoms with E-state index < -0.39 is 0 Å². The molecule has 1 fully saturated rings. The maximum atomic E-state index is 12.1. The van der Waals surface area contributed by atoms with Crippen LogP contribution in [-0.4, -0.2) is 37.6 Å². The molecule has 0 bridgehead atoms. The normalized spacial score (nSPS) is 18.0. The summed E-state index contributed by atoms with van der Waals surface area (Å²) in [5, 5.41) is 2.94. The zero-order valence-electron chi connectivity index (χ0n) is 14.4. The van der Waals surface area contributed by atoms with Crippen LogP contribution in [0, 0.1) is 19.8 Å². The summed E-state index contributed by atoms with van der Waals surface area (Å²) >= 11 is 0. The number of nitrogens with zero attached hydrogens (tertiary/aromatic N) is 1. The highest BCUT2D eigenvalue weighted by Gasteiger charge is 2.24. The minimum absolute atomic E-state index is 0.200. The van der Waals surface area contributed by atoms with Gasteiger partial charge in [0.1, 0.15) is 11.5 Å². The number of likely N-dealkylation sites (tertiary alicyclic amines) is 1. The second kappa shape index (κ2) is 7.13. The Hall–Kier alpha value is -2.21. The Morgan fingerprint density at radius 3 is 2.88 bits per heavy atom. The number of hydrogen-bond donors (Lipinski definition) is 1. The van der Waals surface area contributed by atoms with Crippen LogP contribution in [0.2, 0.25) is 0 Å². The summed E-state index contributed by atoms with van der Waals surface area (Å²) in [6.07, 6.45) is 1.07. The van der Waals surface area contributed by atoms with Crippen molar-refractivity contribution in [2.45, 2.75) is 26.8 Å². The van der Waals surface area contributed by atoms with Gasteiger partial charge in [-0.3, -0.25) is 9.69 Å². The van der Waals surface area contributed by atoms with Crippen molar-refractivity contribution in [2.24, 2.45) is 5.92 Å². The van der Waals surface area contributed by atoms with E-state index in [9.17, 15) is 4.79 Å². The van der Waals surface area contributed by atoms with Gasteiger partial charge in [-0.1, -0.05) is 0 Å². The molecule has 1 atom stereocenters. The summed E-state index contributed by atoms with van der Waals surface area (Å²) in [6.45, 7) is 7.51. The van der Waals surface area contributed by atoms with Crippen molar-refractivity contribution in [3.05, 3.63) is 41.0 Å². The maximum absolute atomic E-state index is 12.1. The second-order valence-corrected chi connectivity index (χ2v) is 6.37. The van der Waals surface area contributed by atoms with E-state index in [1.807, 2.05) is 6.92 Å². The summed E-state index contributed by atoms with van der Waals surface area (Å²) in [4.78, 5) is 14.4. The Morgan fingerprint density at radius 1 is 1.38 bits per heavy atom. The fourth-order valence-electron chi connectivity index (χ4n) is 3.05. The molecule has 1 unspecified atom stereocenters. The molecular weight excluding hydrogens is 308 g/mol. The van der Waals surface area contributed by atoms with E-state index >= 15 is 0 Å². The van der Waals surface area contributed by atoms with Crippen LogP contribution in [-0.2, 0) is 6.54 Å².